The van der Waals surface area contributed by atoms with Crippen LogP contribution >= 0.6 is 11.3 Å². The minimum absolute atomic E-state index is 0.112. The fraction of sp³-hybridized carbons (Fsp3) is 0.0500. The highest BCUT2D eigenvalue weighted by Crippen LogP contribution is 2.23. The Bertz CT molecular complexity index is 1140. The van der Waals surface area contributed by atoms with Crippen molar-refractivity contribution in [3.63, 3.8) is 0 Å². The van der Waals surface area contributed by atoms with E-state index in [1.807, 2.05) is 42.5 Å². The Labute approximate surface area is 164 Å². The lowest BCUT2D eigenvalue weighted by Crippen LogP contribution is -2.15. The Balaban J connectivity index is 1.41. The van der Waals surface area contributed by atoms with E-state index in [-0.39, 0.29) is 18.0 Å². The summed E-state index contributed by atoms with van der Waals surface area (Å²) in [5, 5.41) is 9.78. The van der Waals surface area contributed by atoms with Crippen LogP contribution in [0.3, 0.4) is 0 Å². The predicted molar refractivity (Wildman–Crippen MR) is 108 cm³/mol. The Morgan fingerprint density at radius 1 is 1.00 bits per heavy atom. The Morgan fingerprint density at radius 2 is 1.86 bits per heavy atom. The second-order valence-electron chi connectivity index (χ2n) is 5.94. The predicted octanol–water partition coefficient (Wildman–Crippen LogP) is 3.52. The third-order valence-electron chi connectivity index (χ3n) is 3.97. The summed E-state index contributed by atoms with van der Waals surface area (Å²) in [7, 11) is 0. The van der Waals surface area contributed by atoms with Gasteiger partial charge in [-0.25, -0.2) is 9.97 Å². The van der Waals surface area contributed by atoms with Crippen molar-refractivity contribution in [2.45, 2.75) is 6.42 Å². The second kappa shape index (κ2) is 7.93. The highest BCUT2D eigenvalue weighted by molar-refractivity contribution is 7.14. The van der Waals surface area contributed by atoms with Gasteiger partial charge in [-0.15, -0.1) is 11.3 Å². The van der Waals surface area contributed by atoms with Gasteiger partial charge in [0.15, 0.2) is 5.13 Å². The molecule has 0 aliphatic rings. The van der Waals surface area contributed by atoms with E-state index in [0.29, 0.717) is 10.8 Å². The number of hydrogen-bond donors (Lipinski definition) is 2. The molecule has 0 saturated carbocycles. The SMILES string of the molecule is O=C(Cc1csc(NC(=O)c2cnccn2)n1)Nc1cccc2ccccc12. The molecule has 0 aliphatic heterocycles. The van der Waals surface area contributed by atoms with Crippen molar-refractivity contribution >= 4 is 44.7 Å². The van der Waals surface area contributed by atoms with Crippen LogP contribution in [0.1, 0.15) is 16.2 Å². The highest BCUT2D eigenvalue weighted by Gasteiger charge is 2.13. The number of benzene rings is 2. The lowest BCUT2D eigenvalue weighted by molar-refractivity contribution is -0.115. The first-order chi connectivity index (χ1) is 13.7. The van der Waals surface area contributed by atoms with E-state index in [9.17, 15) is 9.59 Å². The lowest BCUT2D eigenvalue weighted by atomic mass is 10.1. The normalized spacial score (nSPS) is 10.6. The number of fused-ring (bicyclic) bond motifs is 1. The molecule has 4 aromatic rings. The Kier molecular flexibility index (Phi) is 5.03. The topological polar surface area (TPSA) is 96.9 Å². The first-order valence-electron chi connectivity index (χ1n) is 8.48. The van der Waals surface area contributed by atoms with Crippen LogP contribution in [0.5, 0.6) is 0 Å². The number of hydrogen-bond acceptors (Lipinski definition) is 6. The average molecular weight is 389 g/mol. The number of rotatable bonds is 5. The zero-order valence-corrected chi connectivity index (χ0v) is 15.4. The molecule has 0 radical (unpaired) electrons. The largest absolute Gasteiger partial charge is 0.325 e. The van der Waals surface area contributed by atoms with Crippen molar-refractivity contribution in [3.05, 3.63) is 77.8 Å². The third kappa shape index (κ3) is 4.02. The third-order valence-corrected chi connectivity index (χ3v) is 4.78. The van der Waals surface area contributed by atoms with Crippen LogP contribution in [-0.4, -0.2) is 26.8 Å². The van der Waals surface area contributed by atoms with Crippen LogP contribution in [0.25, 0.3) is 10.8 Å². The van der Waals surface area contributed by atoms with Crippen molar-refractivity contribution in [1.82, 2.24) is 15.0 Å². The number of anilines is 2. The van der Waals surface area contributed by atoms with Crippen LogP contribution in [-0.2, 0) is 11.2 Å². The molecule has 4 rings (SSSR count). The van der Waals surface area contributed by atoms with Gasteiger partial charge in [-0.05, 0) is 11.5 Å². The molecular weight excluding hydrogens is 374 g/mol. The molecule has 0 aliphatic carbocycles. The number of thiazole rings is 1. The molecule has 2 heterocycles. The molecule has 0 spiro atoms. The summed E-state index contributed by atoms with van der Waals surface area (Å²) in [6.45, 7) is 0. The summed E-state index contributed by atoms with van der Waals surface area (Å²) in [5.41, 5.74) is 1.54. The molecule has 2 N–H and O–H groups in total. The minimum Gasteiger partial charge on any atom is -0.325 e. The van der Waals surface area contributed by atoms with Gasteiger partial charge in [0.05, 0.1) is 18.3 Å². The van der Waals surface area contributed by atoms with Crippen molar-refractivity contribution in [2.75, 3.05) is 10.6 Å². The summed E-state index contributed by atoms with van der Waals surface area (Å²) in [5.74, 6) is -0.567. The van der Waals surface area contributed by atoms with E-state index in [1.165, 1.54) is 29.9 Å². The number of carbonyl (C=O) groups is 2. The first-order valence-corrected chi connectivity index (χ1v) is 9.36. The molecule has 138 valence electrons. The van der Waals surface area contributed by atoms with Crippen LogP contribution in [0, 0.1) is 0 Å². The number of nitrogens with zero attached hydrogens (tertiary/aromatic N) is 3. The summed E-state index contributed by atoms with van der Waals surface area (Å²) in [6, 6.07) is 13.6. The number of aromatic nitrogens is 3. The van der Waals surface area contributed by atoms with Gasteiger partial charge in [-0.1, -0.05) is 36.4 Å². The first kappa shape index (κ1) is 17.7. The molecule has 0 unspecified atom stereocenters. The van der Waals surface area contributed by atoms with Gasteiger partial charge >= 0.3 is 0 Å². The maximum Gasteiger partial charge on any atom is 0.277 e. The van der Waals surface area contributed by atoms with Gasteiger partial charge in [-0.3, -0.25) is 19.9 Å². The maximum atomic E-state index is 12.4. The van der Waals surface area contributed by atoms with Crippen LogP contribution < -0.4 is 10.6 Å². The molecule has 8 heteroatoms. The van der Waals surface area contributed by atoms with Crippen molar-refractivity contribution in [3.8, 4) is 0 Å². The summed E-state index contributed by atoms with van der Waals surface area (Å²) in [4.78, 5) is 36.6. The van der Waals surface area contributed by atoms with E-state index >= 15 is 0 Å². The molecule has 0 saturated heterocycles. The zero-order chi connectivity index (χ0) is 19.3. The lowest BCUT2D eigenvalue weighted by Gasteiger charge is -2.08. The molecular formula is C20H15N5O2S. The molecule has 0 atom stereocenters. The van der Waals surface area contributed by atoms with Crippen molar-refractivity contribution in [1.29, 1.82) is 0 Å². The van der Waals surface area contributed by atoms with Gasteiger partial charge in [-0.2, -0.15) is 0 Å². The maximum absolute atomic E-state index is 12.4. The van der Waals surface area contributed by atoms with Gasteiger partial charge in [0.25, 0.3) is 5.91 Å². The monoisotopic (exact) mass is 389 g/mol. The summed E-state index contributed by atoms with van der Waals surface area (Å²) < 4.78 is 0. The Hall–Kier alpha value is -3.65. The van der Waals surface area contributed by atoms with E-state index in [1.54, 1.807) is 5.38 Å². The molecule has 2 aromatic carbocycles. The Morgan fingerprint density at radius 3 is 2.71 bits per heavy atom. The molecule has 0 bridgehead atoms. The van der Waals surface area contributed by atoms with Crippen LogP contribution in [0.2, 0.25) is 0 Å². The molecule has 2 aromatic heterocycles. The van der Waals surface area contributed by atoms with Crippen molar-refractivity contribution < 1.29 is 9.59 Å². The zero-order valence-electron chi connectivity index (χ0n) is 14.6. The van der Waals surface area contributed by atoms with Gasteiger partial charge in [0.2, 0.25) is 5.91 Å². The van der Waals surface area contributed by atoms with Crippen LogP contribution in [0.15, 0.2) is 66.4 Å². The summed E-state index contributed by atoms with van der Waals surface area (Å²) in [6.07, 6.45) is 4.43. The van der Waals surface area contributed by atoms with E-state index in [4.69, 9.17) is 0 Å². The quantitative estimate of drug-likeness (QED) is 0.544. The second-order valence-corrected chi connectivity index (χ2v) is 6.80. The van der Waals surface area contributed by atoms with Gasteiger partial charge < -0.3 is 5.32 Å². The number of amides is 2. The van der Waals surface area contributed by atoms with E-state index in [0.717, 1.165) is 16.5 Å². The fourth-order valence-corrected chi connectivity index (χ4v) is 3.42. The minimum atomic E-state index is -0.394. The molecule has 7 nitrogen and oxygen atoms in total. The number of carbonyl (C=O) groups excluding carboxylic acids is 2. The molecule has 28 heavy (non-hydrogen) atoms. The standard InChI is InChI=1S/C20H15N5O2S/c26-18(24-16-7-3-5-13-4-1-2-6-15(13)16)10-14-12-28-20(23-14)25-19(27)17-11-21-8-9-22-17/h1-9,11-12H,10H2,(H,24,26)(H,23,25,27). The number of nitrogens with one attached hydrogen (secondary N) is 2. The molecule has 2 amide bonds. The molecule has 0 fully saturated rings. The van der Waals surface area contributed by atoms with Crippen LogP contribution in [0.4, 0.5) is 10.8 Å². The van der Waals surface area contributed by atoms with E-state index in [2.05, 4.69) is 25.6 Å². The van der Waals surface area contributed by atoms with Gasteiger partial charge in [0, 0.05) is 28.8 Å². The van der Waals surface area contributed by atoms with E-state index < -0.39 is 5.91 Å². The fourth-order valence-electron chi connectivity index (χ4n) is 2.72. The smallest absolute Gasteiger partial charge is 0.277 e. The van der Waals surface area contributed by atoms with Gasteiger partial charge in [0.1, 0.15) is 5.69 Å². The van der Waals surface area contributed by atoms with Crippen molar-refractivity contribution in [2.24, 2.45) is 0 Å². The highest BCUT2D eigenvalue weighted by atomic mass is 32.1. The summed E-state index contributed by atoms with van der Waals surface area (Å²) >= 11 is 1.25. The average Bonchev–Trinajstić information content (AvgIpc) is 3.15.